The van der Waals surface area contributed by atoms with Crippen LogP contribution in [0.25, 0.3) is 0 Å². The standard InChI is InChI=1S/C7H5N3O2/c8-2-4-1-5(9)6(7(11)12)10-3-4/h1,3H,9H2,(H,11,12). The molecular weight excluding hydrogens is 158 g/mol. The van der Waals surface area contributed by atoms with E-state index in [1.807, 2.05) is 0 Å². The average Bonchev–Trinajstić information content (AvgIpc) is 2.03. The van der Waals surface area contributed by atoms with Gasteiger partial charge < -0.3 is 10.8 Å². The molecule has 0 saturated carbocycles. The van der Waals surface area contributed by atoms with E-state index in [1.54, 1.807) is 6.07 Å². The Morgan fingerprint density at radius 1 is 1.75 bits per heavy atom. The Kier molecular flexibility index (Phi) is 1.92. The highest BCUT2D eigenvalue weighted by Gasteiger charge is 2.09. The predicted molar refractivity (Wildman–Crippen MR) is 40.3 cm³/mol. The van der Waals surface area contributed by atoms with Crippen LogP contribution in [0.4, 0.5) is 5.69 Å². The Morgan fingerprint density at radius 3 is 2.83 bits per heavy atom. The van der Waals surface area contributed by atoms with E-state index in [2.05, 4.69) is 4.98 Å². The number of aromatic carboxylic acids is 1. The summed E-state index contributed by atoms with van der Waals surface area (Å²) in [5, 5.41) is 16.9. The van der Waals surface area contributed by atoms with Crippen LogP contribution in [0.15, 0.2) is 12.3 Å². The fraction of sp³-hybridized carbons (Fsp3) is 0. The maximum absolute atomic E-state index is 10.4. The van der Waals surface area contributed by atoms with Gasteiger partial charge >= 0.3 is 5.97 Å². The molecule has 0 atom stereocenters. The van der Waals surface area contributed by atoms with Crippen LogP contribution in [0, 0.1) is 11.3 Å². The molecule has 0 saturated heterocycles. The number of nitriles is 1. The minimum absolute atomic E-state index is 0.00144. The number of carboxylic acid groups (broad SMARTS) is 1. The third kappa shape index (κ3) is 1.32. The van der Waals surface area contributed by atoms with Gasteiger partial charge in [-0.2, -0.15) is 5.26 Å². The van der Waals surface area contributed by atoms with Gasteiger partial charge in [0.25, 0.3) is 0 Å². The van der Waals surface area contributed by atoms with Crippen LogP contribution in [0.1, 0.15) is 16.1 Å². The van der Waals surface area contributed by atoms with Crippen LogP contribution in [0.5, 0.6) is 0 Å². The SMILES string of the molecule is N#Cc1cnc(C(=O)O)c(N)c1. The molecular formula is C7H5N3O2. The van der Waals surface area contributed by atoms with Gasteiger partial charge in [0, 0.05) is 6.20 Å². The predicted octanol–water partition coefficient (Wildman–Crippen LogP) is 0.234. The number of carboxylic acids is 1. The topological polar surface area (TPSA) is 100 Å². The summed E-state index contributed by atoms with van der Waals surface area (Å²) in [6.07, 6.45) is 1.17. The Balaban J connectivity index is 3.23. The number of rotatable bonds is 1. The van der Waals surface area contributed by atoms with E-state index in [9.17, 15) is 4.79 Å². The molecule has 60 valence electrons. The van der Waals surface area contributed by atoms with Crippen LogP contribution in [-0.4, -0.2) is 16.1 Å². The molecule has 1 aromatic heterocycles. The van der Waals surface area contributed by atoms with Crippen molar-refractivity contribution in [2.75, 3.05) is 5.73 Å². The first kappa shape index (κ1) is 8.01. The number of carbonyl (C=O) groups is 1. The molecule has 0 unspecified atom stereocenters. The van der Waals surface area contributed by atoms with Crippen molar-refractivity contribution in [2.24, 2.45) is 0 Å². The third-order valence-corrected chi connectivity index (χ3v) is 1.25. The second-order valence-corrected chi connectivity index (χ2v) is 2.08. The molecule has 0 bridgehead atoms. The molecule has 1 aromatic rings. The van der Waals surface area contributed by atoms with Gasteiger partial charge in [-0.1, -0.05) is 0 Å². The molecule has 0 aliphatic carbocycles. The molecule has 0 radical (unpaired) electrons. The zero-order valence-corrected chi connectivity index (χ0v) is 5.98. The maximum atomic E-state index is 10.4. The number of nitrogen functional groups attached to an aromatic ring is 1. The van der Waals surface area contributed by atoms with E-state index in [0.717, 1.165) is 0 Å². The fourth-order valence-electron chi connectivity index (χ4n) is 0.722. The summed E-state index contributed by atoms with van der Waals surface area (Å²) in [4.78, 5) is 13.9. The van der Waals surface area contributed by atoms with Gasteiger partial charge in [-0.3, -0.25) is 0 Å². The highest BCUT2D eigenvalue weighted by molar-refractivity contribution is 5.91. The molecule has 0 spiro atoms. The van der Waals surface area contributed by atoms with Crippen molar-refractivity contribution in [3.63, 3.8) is 0 Å². The van der Waals surface area contributed by atoms with Gasteiger partial charge in [-0.25, -0.2) is 9.78 Å². The summed E-state index contributed by atoms with van der Waals surface area (Å²) < 4.78 is 0. The second kappa shape index (κ2) is 2.88. The van der Waals surface area contributed by atoms with Crippen LogP contribution >= 0.6 is 0 Å². The lowest BCUT2D eigenvalue weighted by atomic mass is 10.2. The summed E-state index contributed by atoms with van der Waals surface area (Å²) in [7, 11) is 0. The van der Waals surface area contributed by atoms with Crippen molar-refractivity contribution in [1.29, 1.82) is 5.26 Å². The highest BCUT2D eigenvalue weighted by Crippen LogP contribution is 2.09. The number of nitrogens with zero attached hydrogens (tertiary/aromatic N) is 2. The Labute approximate surface area is 68.1 Å². The first-order valence-corrected chi connectivity index (χ1v) is 3.04. The Hall–Kier alpha value is -2.09. The lowest BCUT2D eigenvalue weighted by molar-refractivity contribution is 0.0692. The zero-order valence-electron chi connectivity index (χ0n) is 5.98. The first-order chi connectivity index (χ1) is 5.65. The van der Waals surface area contributed by atoms with Gasteiger partial charge in [-0.05, 0) is 6.07 Å². The summed E-state index contributed by atoms with van der Waals surface area (Å²) in [6, 6.07) is 3.07. The Morgan fingerprint density at radius 2 is 2.42 bits per heavy atom. The third-order valence-electron chi connectivity index (χ3n) is 1.25. The quantitative estimate of drug-likeness (QED) is 0.617. The van der Waals surface area contributed by atoms with E-state index in [4.69, 9.17) is 16.1 Å². The van der Waals surface area contributed by atoms with E-state index >= 15 is 0 Å². The van der Waals surface area contributed by atoms with Crippen molar-refractivity contribution in [1.82, 2.24) is 4.98 Å². The fourth-order valence-corrected chi connectivity index (χ4v) is 0.722. The molecule has 12 heavy (non-hydrogen) atoms. The van der Waals surface area contributed by atoms with Gasteiger partial charge in [0.05, 0.1) is 11.3 Å². The number of nitrogens with two attached hydrogens (primary N) is 1. The van der Waals surface area contributed by atoms with E-state index < -0.39 is 5.97 Å². The van der Waals surface area contributed by atoms with Crippen LogP contribution in [0.3, 0.4) is 0 Å². The number of anilines is 1. The normalized spacial score (nSPS) is 8.92. The number of hydrogen-bond acceptors (Lipinski definition) is 4. The molecule has 3 N–H and O–H groups in total. The smallest absolute Gasteiger partial charge is 0.356 e. The molecule has 0 fully saturated rings. The molecule has 0 aliphatic heterocycles. The molecule has 0 amide bonds. The van der Waals surface area contributed by atoms with Gasteiger partial charge in [0.15, 0.2) is 5.69 Å². The molecule has 5 nitrogen and oxygen atoms in total. The lowest BCUT2D eigenvalue weighted by Gasteiger charge is -1.97. The molecule has 1 heterocycles. The largest absolute Gasteiger partial charge is 0.476 e. The number of hydrogen-bond donors (Lipinski definition) is 2. The second-order valence-electron chi connectivity index (χ2n) is 2.08. The highest BCUT2D eigenvalue weighted by atomic mass is 16.4. The lowest BCUT2D eigenvalue weighted by Crippen LogP contribution is -2.05. The van der Waals surface area contributed by atoms with Crippen molar-refractivity contribution in [3.8, 4) is 6.07 Å². The monoisotopic (exact) mass is 163 g/mol. The van der Waals surface area contributed by atoms with Crippen molar-refractivity contribution < 1.29 is 9.90 Å². The number of aromatic nitrogens is 1. The van der Waals surface area contributed by atoms with Crippen molar-refractivity contribution >= 4 is 11.7 Å². The molecule has 0 aromatic carbocycles. The Bertz CT molecular complexity index is 367. The van der Waals surface area contributed by atoms with Gasteiger partial charge in [0.1, 0.15) is 6.07 Å². The zero-order chi connectivity index (χ0) is 9.14. The van der Waals surface area contributed by atoms with Crippen LogP contribution < -0.4 is 5.73 Å². The summed E-state index contributed by atoms with van der Waals surface area (Å²) in [5.74, 6) is -1.20. The maximum Gasteiger partial charge on any atom is 0.356 e. The van der Waals surface area contributed by atoms with E-state index in [-0.39, 0.29) is 16.9 Å². The minimum atomic E-state index is -1.20. The summed E-state index contributed by atoms with van der Waals surface area (Å²) in [6.45, 7) is 0. The van der Waals surface area contributed by atoms with E-state index in [1.165, 1.54) is 12.3 Å². The van der Waals surface area contributed by atoms with Crippen molar-refractivity contribution in [3.05, 3.63) is 23.5 Å². The first-order valence-electron chi connectivity index (χ1n) is 3.04. The molecule has 1 rings (SSSR count). The van der Waals surface area contributed by atoms with Gasteiger partial charge in [0.2, 0.25) is 0 Å². The van der Waals surface area contributed by atoms with Gasteiger partial charge in [-0.15, -0.1) is 0 Å². The summed E-state index contributed by atoms with van der Waals surface area (Å²) >= 11 is 0. The van der Waals surface area contributed by atoms with Crippen LogP contribution in [0.2, 0.25) is 0 Å². The summed E-state index contributed by atoms with van der Waals surface area (Å²) in [5.41, 5.74) is 5.32. The van der Waals surface area contributed by atoms with Crippen LogP contribution in [-0.2, 0) is 0 Å². The van der Waals surface area contributed by atoms with E-state index in [0.29, 0.717) is 0 Å². The van der Waals surface area contributed by atoms with Crippen molar-refractivity contribution in [2.45, 2.75) is 0 Å². The minimum Gasteiger partial charge on any atom is -0.476 e. The molecule has 0 aliphatic rings. The molecule has 5 heteroatoms. The number of pyridine rings is 1. The average molecular weight is 163 g/mol.